The van der Waals surface area contributed by atoms with Crippen LogP contribution in [0.25, 0.3) is 21.9 Å². The van der Waals surface area contributed by atoms with E-state index in [2.05, 4.69) is 59.8 Å². The summed E-state index contributed by atoms with van der Waals surface area (Å²) < 4.78 is 2.35. The lowest BCUT2D eigenvalue weighted by Gasteiger charge is -2.12. The fourth-order valence-corrected chi connectivity index (χ4v) is 3.73. The van der Waals surface area contributed by atoms with Gasteiger partial charge in [-0.15, -0.1) is 0 Å². The molecule has 0 atom stereocenters. The van der Waals surface area contributed by atoms with Crippen molar-refractivity contribution in [1.82, 2.24) is 14.5 Å². The number of nitrogens with two attached hydrogens (primary N) is 1. The van der Waals surface area contributed by atoms with Crippen molar-refractivity contribution in [3.05, 3.63) is 65.5 Å². The fourth-order valence-electron chi connectivity index (χ4n) is 3.73. The predicted octanol–water partition coefficient (Wildman–Crippen LogP) is 5.12. The zero-order valence-corrected chi connectivity index (χ0v) is 16.1. The molecule has 2 heterocycles. The van der Waals surface area contributed by atoms with Crippen LogP contribution in [0, 0.1) is 0 Å². The van der Waals surface area contributed by atoms with Gasteiger partial charge in [0.2, 0.25) is 0 Å². The van der Waals surface area contributed by atoms with E-state index in [9.17, 15) is 0 Å². The number of para-hydroxylation sites is 1. The van der Waals surface area contributed by atoms with Crippen LogP contribution in [0.2, 0.25) is 0 Å². The second-order valence-corrected chi connectivity index (χ2v) is 7.10. The first-order chi connectivity index (χ1) is 13.2. The molecule has 27 heavy (non-hydrogen) atoms. The normalized spacial score (nSPS) is 11.5. The topological polar surface area (TPSA) is 56.7 Å². The molecule has 0 saturated carbocycles. The summed E-state index contributed by atoms with van der Waals surface area (Å²) in [6.07, 6.45) is 4.25. The van der Waals surface area contributed by atoms with E-state index in [4.69, 9.17) is 10.7 Å². The molecule has 0 aliphatic carbocycles. The summed E-state index contributed by atoms with van der Waals surface area (Å²) >= 11 is 0. The highest BCUT2D eigenvalue weighted by molar-refractivity contribution is 6.06. The minimum Gasteiger partial charge on any atom is -0.382 e. The van der Waals surface area contributed by atoms with Crippen LogP contribution in [0.5, 0.6) is 0 Å². The van der Waals surface area contributed by atoms with Gasteiger partial charge in [-0.1, -0.05) is 62.7 Å². The maximum atomic E-state index is 6.29. The Morgan fingerprint density at radius 3 is 2.59 bits per heavy atom. The summed E-state index contributed by atoms with van der Waals surface area (Å²) in [4.78, 5) is 9.49. The lowest BCUT2D eigenvalue weighted by molar-refractivity contribution is 0.690. The van der Waals surface area contributed by atoms with Crippen LogP contribution in [0.1, 0.15) is 43.6 Å². The van der Waals surface area contributed by atoms with Gasteiger partial charge in [0, 0.05) is 18.4 Å². The average molecular weight is 358 g/mol. The van der Waals surface area contributed by atoms with Crippen LogP contribution in [0.4, 0.5) is 5.82 Å². The van der Waals surface area contributed by atoms with Gasteiger partial charge in [0.25, 0.3) is 0 Å². The quantitative estimate of drug-likeness (QED) is 0.520. The summed E-state index contributed by atoms with van der Waals surface area (Å²) in [5.74, 6) is 1.61. The number of pyridine rings is 1. The van der Waals surface area contributed by atoms with E-state index in [1.165, 1.54) is 11.1 Å². The molecule has 0 aliphatic rings. The fraction of sp³-hybridized carbons (Fsp3) is 0.304. The van der Waals surface area contributed by atoms with E-state index >= 15 is 0 Å². The Morgan fingerprint density at radius 1 is 0.963 bits per heavy atom. The summed E-state index contributed by atoms with van der Waals surface area (Å²) in [6.45, 7) is 5.21. The van der Waals surface area contributed by atoms with Crippen molar-refractivity contribution in [1.29, 1.82) is 0 Å². The van der Waals surface area contributed by atoms with Crippen molar-refractivity contribution in [3.63, 3.8) is 0 Å². The van der Waals surface area contributed by atoms with Gasteiger partial charge in [-0.05, 0) is 30.0 Å². The number of aryl methyl sites for hydroxylation is 2. The standard InChI is InChI=1S/C23H26N4/c1-3-5-13-20-26-21-22(18-11-6-7-12-19(18)25-23(21)24)27(20)15-17-10-8-9-16(4-2)14-17/h6-12,14H,3-5,13,15H2,1-2H3,(H2,24,25). The van der Waals surface area contributed by atoms with Gasteiger partial charge in [-0.2, -0.15) is 0 Å². The van der Waals surface area contributed by atoms with Gasteiger partial charge in [0.1, 0.15) is 11.3 Å². The highest BCUT2D eigenvalue weighted by Gasteiger charge is 2.17. The third kappa shape index (κ3) is 3.27. The molecule has 0 bridgehead atoms. The zero-order valence-electron chi connectivity index (χ0n) is 16.1. The molecule has 4 aromatic rings. The largest absolute Gasteiger partial charge is 0.382 e. The highest BCUT2D eigenvalue weighted by atomic mass is 15.1. The average Bonchev–Trinajstić information content (AvgIpc) is 3.06. The Balaban J connectivity index is 1.94. The molecule has 2 aromatic carbocycles. The van der Waals surface area contributed by atoms with Crippen LogP contribution >= 0.6 is 0 Å². The van der Waals surface area contributed by atoms with E-state index in [1.54, 1.807) is 0 Å². The Labute approximate surface area is 160 Å². The molecule has 0 unspecified atom stereocenters. The van der Waals surface area contributed by atoms with E-state index in [-0.39, 0.29) is 0 Å². The molecule has 0 saturated heterocycles. The van der Waals surface area contributed by atoms with Crippen LogP contribution in [0.3, 0.4) is 0 Å². The molecule has 4 heteroatoms. The van der Waals surface area contributed by atoms with Crippen LogP contribution in [-0.4, -0.2) is 14.5 Å². The first-order valence-electron chi connectivity index (χ1n) is 9.82. The molecule has 2 aromatic heterocycles. The van der Waals surface area contributed by atoms with Crippen molar-refractivity contribution in [2.75, 3.05) is 5.73 Å². The van der Waals surface area contributed by atoms with E-state index < -0.39 is 0 Å². The number of nitrogens with zero attached hydrogens (tertiary/aromatic N) is 3. The third-order valence-electron chi connectivity index (χ3n) is 5.18. The number of nitrogen functional groups attached to an aromatic ring is 1. The summed E-state index contributed by atoms with van der Waals surface area (Å²) in [5, 5.41) is 1.11. The number of benzene rings is 2. The smallest absolute Gasteiger partial charge is 0.152 e. The molecule has 0 radical (unpaired) electrons. The Morgan fingerprint density at radius 2 is 1.78 bits per heavy atom. The number of hydrogen-bond acceptors (Lipinski definition) is 3. The second kappa shape index (κ2) is 7.39. The highest BCUT2D eigenvalue weighted by Crippen LogP contribution is 2.30. The number of hydrogen-bond donors (Lipinski definition) is 1. The summed E-state index contributed by atoms with van der Waals surface area (Å²) in [5.41, 5.74) is 11.8. The van der Waals surface area contributed by atoms with Gasteiger partial charge >= 0.3 is 0 Å². The van der Waals surface area contributed by atoms with E-state index in [0.717, 1.165) is 60.0 Å². The summed E-state index contributed by atoms with van der Waals surface area (Å²) in [6, 6.07) is 17.0. The molecular weight excluding hydrogens is 332 g/mol. The van der Waals surface area contributed by atoms with Gasteiger partial charge in [0.05, 0.1) is 11.0 Å². The molecule has 138 valence electrons. The molecule has 0 aliphatic heterocycles. The lowest BCUT2D eigenvalue weighted by atomic mass is 10.1. The predicted molar refractivity (Wildman–Crippen MR) is 113 cm³/mol. The van der Waals surface area contributed by atoms with Crippen molar-refractivity contribution in [2.24, 2.45) is 0 Å². The minimum absolute atomic E-state index is 0.516. The van der Waals surface area contributed by atoms with Crippen molar-refractivity contribution < 1.29 is 0 Å². The Hall–Kier alpha value is -2.88. The van der Waals surface area contributed by atoms with Gasteiger partial charge in [-0.3, -0.25) is 0 Å². The van der Waals surface area contributed by atoms with Crippen molar-refractivity contribution in [3.8, 4) is 0 Å². The molecule has 0 amide bonds. The minimum atomic E-state index is 0.516. The van der Waals surface area contributed by atoms with E-state index in [1.807, 2.05) is 12.1 Å². The molecule has 2 N–H and O–H groups in total. The maximum Gasteiger partial charge on any atom is 0.152 e. The van der Waals surface area contributed by atoms with Gasteiger partial charge < -0.3 is 10.3 Å². The van der Waals surface area contributed by atoms with Crippen LogP contribution in [0.15, 0.2) is 48.5 Å². The van der Waals surface area contributed by atoms with E-state index in [0.29, 0.717) is 5.82 Å². The van der Waals surface area contributed by atoms with Crippen LogP contribution < -0.4 is 5.73 Å². The zero-order chi connectivity index (χ0) is 18.8. The summed E-state index contributed by atoms with van der Waals surface area (Å²) in [7, 11) is 0. The molecular formula is C23H26N4. The molecule has 0 fully saturated rings. The number of imidazole rings is 1. The number of aromatic nitrogens is 3. The van der Waals surface area contributed by atoms with Crippen LogP contribution in [-0.2, 0) is 19.4 Å². The SMILES string of the molecule is CCCCc1nc2c(N)nc3ccccc3c2n1Cc1cccc(CC)c1. The second-order valence-electron chi connectivity index (χ2n) is 7.10. The monoisotopic (exact) mass is 358 g/mol. The van der Waals surface area contributed by atoms with Crippen molar-refractivity contribution >= 4 is 27.8 Å². The number of fused-ring (bicyclic) bond motifs is 3. The first-order valence-corrected chi connectivity index (χ1v) is 9.82. The van der Waals surface area contributed by atoms with Gasteiger partial charge in [-0.25, -0.2) is 9.97 Å². The molecule has 4 nitrogen and oxygen atoms in total. The molecule has 0 spiro atoms. The first kappa shape index (κ1) is 17.5. The lowest BCUT2D eigenvalue weighted by Crippen LogP contribution is -2.06. The number of unbranched alkanes of at least 4 members (excludes halogenated alkanes) is 1. The third-order valence-corrected chi connectivity index (χ3v) is 5.18. The Bertz CT molecular complexity index is 1090. The Kier molecular flexibility index (Phi) is 4.80. The van der Waals surface area contributed by atoms with Crippen molar-refractivity contribution in [2.45, 2.75) is 46.1 Å². The maximum absolute atomic E-state index is 6.29. The van der Waals surface area contributed by atoms with Gasteiger partial charge in [0.15, 0.2) is 5.82 Å². The number of rotatable bonds is 6. The molecule has 4 rings (SSSR count). The number of anilines is 1.